The van der Waals surface area contributed by atoms with E-state index in [1.807, 2.05) is 6.92 Å². The van der Waals surface area contributed by atoms with Gasteiger partial charge in [0, 0.05) is 6.54 Å². The number of unbranched alkanes of at least 4 members (excludes halogenated alkanes) is 4. The second kappa shape index (κ2) is 25.1. The second-order valence-electron chi connectivity index (χ2n) is 3.97. The van der Waals surface area contributed by atoms with Gasteiger partial charge in [-0.25, -0.2) is 0 Å². The average molecular weight is 253 g/mol. The van der Waals surface area contributed by atoms with Crippen molar-refractivity contribution in [3.63, 3.8) is 0 Å². The van der Waals surface area contributed by atoms with Crippen LogP contribution in [-0.4, -0.2) is 6.54 Å². The molecule has 0 saturated carbocycles. The smallest absolute Gasteiger partial charge is 0.0174 e. The van der Waals surface area contributed by atoms with E-state index in [2.05, 4.69) is 52.2 Å². The van der Waals surface area contributed by atoms with Crippen LogP contribution < -0.4 is 5.73 Å². The van der Waals surface area contributed by atoms with E-state index in [0.29, 0.717) is 6.54 Å². The van der Waals surface area contributed by atoms with Crippen molar-refractivity contribution < 1.29 is 0 Å². The molecule has 108 valence electrons. The monoisotopic (exact) mass is 253 g/mol. The van der Waals surface area contributed by atoms with E-state index in [4.69, 9.17) is 5.73 Å². The molecule has 0 bridgehead atoms. The predicted octanol–water partition coefficient (Wildman–Crippen LogP) is 5.64. The van der Waals surface area contributed by atoms with E-state index in [1.165, 1.54) is 44.1 Å². The second-order valence-corrected chi connectivity index (χ2v) is 3.97. The highest BCUT2D eigenvalue weighted by Crippen LogP contribution is 2.01. The molecule has 0 aliphatic rings. The summed E-state index contributed by atoms with van der Waals surface area (Å²) in [7, 11) is 0. The van der Waals surface area contributed by atoms with Gasteiger partial charge in [0.25, 0.3) is 0 Å². The first-order valence-corrected chi connectivity index (χ1v) is 7.28. The summed E-state index contributed by atoms with van der Waals surface area (Å²) in [6.07, 6.45) is 14.2. The minimum atomic E-state index is 0.654. The van der Waals surface area contributed by atoms with Crippen LogP contribution in [0.25, 0.3) is 0 Å². The van der Waals surface area contributed by atoms with Crippen molar-refractivity contribution in [1.29, 1.82) is 0 Å². The first-order chi connectivity index (χ1) is 8.76. The van der Waals surface area contributed by atoms with Crippen LogP contribution in [0, 0.1) is 0 Å². The standard InChI is InChI=1S/C11H21N.C4H10.C2H4/c1-3-5-6-7-8-9-11(4-2)10-12;1-3-4-2;1-2/h4,8-9H,3,5-7,10,12H2,1-2H3;3-4H2,1-2H3;1-2H2/b9-8-,11-4+;;. The van der Waals surface area contributed by atoms with Crippen LogP contribution >= 0.6 is 0 Å². The molecule has 0 amide bonds. The van der Waals surface area contributed by atoms with Crippen molar-refractivity contribution in [2.24, 2.45) is 5.73 Å². The molecule has 0 rings (SSSR count). The van der Waals surface area contributed by atoms with Gasteiger partial charge in [-0.15, -0.1) is 13.2 Å². The maximum absolute atomic E-state index is 5.50. The molecule has 0 aromatic rings. The van der Waals surface area contributed by atoms with Crippen molar-refractivity contribution >= 4 is 0 Å². The molecular weight excluding hydrogens is 218 g/mol. The Morgan fingerprint density at radius 2 is 1.56 bits per heavy atom. The Morgan fingerprint density at radius 3 is 1.89 bits per heavy atom. The lowest BCUT2D eigenvalue weighted by molar-refractivity contribution is 0.729. The van der Waals surface area contributed by atoms with Crippen molar-refractivity contribution in [2.75, 3.05) is 6.54 Å². The number of rotatable bonds is 7. The van der Waals surface area contributed by atoms with Crippen LogP contribution in [0.3, 0.4) is 0 Å². The fourth-order valence-electron chi connectivity index (χ4n) is 1.03. The van der Waals surface area contributed by atoms with Gasteiger partial charge in [-0.1, -0.05) is 64.7 Å². The minimum Gasteiger partial charge on any atom is -0.327 e. The van der Waals surface area contributed by atoms with E-state index < -0.39 is 0 Å². The molecular formula is C17H35N. The fraction of sp³-hybridized carbons (Fsp3) is 0.647. The molecule has 0 aliphatic heterocycles. The third-order valence-electron chi connectivity index (χ3n) is 2.41. The molecule has 1 heteroatoms. The van der Waals surface area contributed by atoms with Crippen molar-refractivity contribution in [3.8, 4) is 0 Å². The SMILES string of the molecule is C/C=C(\C=C/CCCCC)CN.C=C.CCCC. The molecule has 0 heterocycles. The zero-order chi connectivity index (χ0) is 14.6. The van der Waals surface area contributed by atoms with Gasteiger partial charge in [-0.2, -0.15) is 0 Å². The molecule has 0 unspecified atom stereocenters. The largest absolute Gasteiger partial charge is 0.327 e. The molecule has 0 radical (unpaired) electrons. The number of nitrogens with two attached hydrogens (primary N) is 1. The molecule has 0 aromatic heterocycles. The molecule has 0 spiro atoms. The lowest BCUT2D eigenvalue weighted by Gasteiger charge is -1.95. The van der Waals surface area contributed by atoms with Crippen LogP contribution in [0.15, 0.2) is 37.0 Å². The Morgan fingerprint density at radius 1 is 1.00 bits per heavy atom. The fourth-order valence-corrected chi connectivity index (χ4v) is 1.03. The van der Waals surface area contributed by atoms with Crippen LogP contribution in [-0.2, 0) is 0 Å². The summed E-state index contributed by atoms with van der Waals surface area (Å²) in [6.45, 7) is 15.3. The minimum absolute atomic E-state index is 0.654. The Bertz CT molecular complexity index is 178. The quantitative estimate of drug-likeness (QED) is 0.355. The summed E-state index contributed by atoms with van der Waals surface area (Å²) >= 11 is 0. The summed E-state index contributed by atoms with van der Waals surface area (Å²) < 4.78 is 0. The van der Waals surface area contributed by atoms with Gasteiger partial charge in [0.15, 0.2) is 0 Å². The lowest BCUT2D eigenvalue weighted by Crippen LogP contribution is -1.99. The third kappa shape index (κ3) is 24.4. The number of hydrogen-bond acceptors (Lipinski definition) is 1. The van der Waals surface area contributed by atoms with Gasteiger partial charge < -0.3 is 5.73 Å². The first kappa shape index (κ1) is 22.4. The number of allylic oxidation sites excluding steroid dienone is 2. The van der Waals surface area contributed by atoms with Crippen molar-refractivity contribution in [3.05, 3.63) is 37.0 Å². The molecule has 2 N–H and O–H groups in total. The maximum Gasteiger partial charge on any atom is 0.0174 e. The summed E-state index contributed by atoms with van der Waals surface area (Å²) in [5.74, 6) is 0. The summed E-state index contributed by atoms with van der Waals surface area (Å²) in [6, 6.07) is 0. The zero-order valence-electron chi connectivity index (χ0n) is 13.2. The number of hydrogen-bond donors (Lipinski definition) is 1. The van der Waals surface area contributed by atoms with E-state index in [0.717, 1.165) is 0 Å². The van der Waals surface area contributed by atoms with Gasteiger partial charge in [0.05, 0.1) is 0 Å². The predicted molar refractivity (Wildman–Crippen MR) is 87.9 cm³/mol. The van der Waals surface area contributed by atoms with Gasteiger partial charge in [0.2, 0.25) is 0 Å². The van der Waals surface area contributed by atoms with Gasteiger partial charge in [-0.3, -0.25) is 0 Å². The van der Waals surface area contributed by atoms with E-state index >= 15 is 0 Å². The van der Waals surface area contributed by atoms with Crippen molar-refractivity contribution in [2.45, 2.75) is 66.2 Å². The Balaban J connectivity index is -0.000000317. The Kier molecular flexibility index (Phi) is 31.2. The van der Waals surface area contributed by atoms with Gasteiger partial charge >= 0.3 is 0 Å². The average Bonchev–Trinajstić information content (AvgIpc) is 2.45. The topological polar surface area (TPSA) is 26.0 Å². The van der Waals surface area contributed by atoms with E-state index in [-0.39, 0.29) is 0 Å². The zero-order valence-corrected chi connectivity index (χ0v) is 13.2. The molecule has 0 saturated heterocycles. The molecule has 18 heavy (non-hydrogen) atoms. The van der Waals surface area contributed by atoms with E-state index in [1.54, 1.807) is 0 Å². The Labute approximate surface area is 116 Å². The Hall–Kier alpha value is -0.820. The summed E-state index contributed by atoms with van der Waals surface area (Å²) in [5.41, 5.74) is 6.73. The van der Waals surface area contributed by atoms with Crippen LogP contribution in [0.4, 0.5) is 0 Å². The normalized spacial score (nSPS) is 10.4. The molecule has 0 aliphatic carbocycles. The third-order valence-corrected chi connectivity index (χ3v) is 2.41. The highest BCUT2D eigenvalue weighted by molar-refractivity contribution is 5.18. The van der Waals surface area contributed by atoms with Gasteiger partial charge in [-0.05, 0) is 25.3 Å². The van der Waals surface area contributed by atoms with Gasteiger partial charge in [0.1, 0.15) is 0 Å². The molecule has 1 nitrogen and oxygen atoms in total. The lowest BCUT2D eigenvalue weighted by atomic mass is 10.1. The maximum atomic E-state index is 5.50. The van der Waals surface area contributed by atoms with Crippen LogP contribution in [0.5, 0.6) is 0 Å². The van der Waals surface area contributed by atoms with E-state index in [9.17, 15) is 0 Å². The molecule has 0 atom stereocenters. The van der Waals surface area contributed by atoms with Crippen molar-refractivity contribution in [1.82, 2.24) is 0 Å². The molecule has 0 fully saturated rings. The highest BCUT2D eigenvalue weighted by Gasteiger charge is 1.85. The molecule has 0 aromatic carbocycles. The van der Waals surface area contributed by atoms with Crippen LogP contribution in [0.2, 0.25) is 0 Å². The summed E-state index contributed by atoms with van der Waals surface area (Å²) in [5, 5.41) is 0. The highest BCUT2D eigenvalue weighted by atomic mass is 14.5. The summed E-state index contributed by atoms with van der Waals surface area (Å²) in [4.78, 5) is 0. The van der Waals surface area contributed by atoms with Crippen LogP contribution in [0.1, 0.15) is 66.2 Å². The first-order valence-electron chi connectivity index (χ1n) is 7.28.